The standard InChI is InChI=1S/C20H20F6N6O2/c1-19(33,20(24,25)26)17-14(34-2)6-15-28-8-13(32(15)31-17)16-10(22)5-11(23)18(30-16)29-12-7-27-4-3-9(12)21/h5-6,8-9,12,27,33H,3-4,7H2,1-2H3,(H,29,30). The van der Waals surface area contributed by atoms with Gasteiger partial charge < -0.3 is 20.5 Å². The summed E-state index contributed by atoms with van der Waals surface area (Å²) >= 11 is 0. The summed E-state index contributed by atoms with van der Waals surface area (Å²) in [5.74, 6) is -3.08. The van der Waals surface area contributed by atoms with E-state index in [4.69, 9.17) is 4.74 Å². The van der Waals surface area contributed by atoms with E-state index >= 15 is 0 Å². The molecule has 0 aliphatic carbocycles. The van der Waals surface area contributed by atoms with Crippen LogP contribution in [0.15, 0.2) is 18.3 Å². The first-order valence-electron chi connectivity index (χ1n) is 10.1. The van der Waals surface area contributed by atoms with Crippen LogP contribution in [0.4, 0.5) is 32.2 Å². The van der Waals surface area contributed by atoms with Crippen molar-refractivity contribution in [1.82, 2.24) is 24.9 Å². The predicted octanol–water partition coefficient (Wildman–Crippen LogP) is 2.96. The number of piperidine rings is 1. The van der Waals surface area contributed by atoms with Crippen LogP contribution in [0.2, 0.25) is 0 Å². The first kappa shape index (κ1) is 24.0. The molecule has 0 saturated carbocycles. The van der Waals surface area contributed by atoms with Crippen molar-refractivity contribution in [1.29, 1.82) is 0 Å². The molecule has 14 heteroatoms. The molecule has 0 bridgehead atoms. The number of aliphatic hydroxyl groups is 1. The second kappa shape index (κ2) is 8.58. The van der Waals surface area contributed by atoms with Crippen LogP contribution < -0.4 is 15.4 Å². The minimum Gasteiger partial charge on any atom is -0.495 e. The van der Waals surface area contributed by atoms with E-state index in [1.54, 1.807) is 0 Å². The molecule has 3 N–H and O–H groups in total. The van der Waals surface area contributed by atoms with Crippen LogP contribution in [-0.2, 0) is 5.60 Å². The van der Waals surface area contributed by atoms with Gasteiger partial charge in [-0.3, -0.25) is 0 Å². The number of imidazole rings is 1. The number of pyridine rings is 1. The summed E-state index contributed by atoms with van der Waals surface area (Å²) in [7, 11) is 1.09. The van der Waals surface area contributed by atoms with E-state index in [9.17, 15) is 31.4 Å². The van der Waals surface area contributed by atoms with Crippen LogP contribution >= 0.6 is 0 Å². The summed E-state index contributed by atoms with van der Waals surface area (Å²) in [6, 6.07) is 0.768. The molecule has 4 rings (SSSR count). The first-order chi connectivity index (χ1) is 15.9. The Balaban J connectivity index is 1.83. The van der Waals surface area contributed by atoms with E-state index in [2.05, 4.69) is 25.7 Å². The summed E-state index contributed by atoms with van der Waals surface area (Å²) in [5, 5.41) is 19.5. The zero-order valence-corrected chi connectivity index (χ0v) is 17.9. The molecule has 4 heterocycles. The van der Waals surface area contributed by atoms with Crippen molar-refractivity contribution in [3.05, 3.63) is 35.7 Å². The van der Waals surface area contributed by atoms with Crippen molar-refractivity contribution < 1.29 is 36.2 Å². The number of halogens is 6. The maximum Gasteiger partial charge on any atom is 0.422 e. The third-order valence-corrected chi connectivity index (χ3v) is 5.58. The molecule has 0 spiro atoms. The lowest BCUT2D eigenvalue weighted by atomic mass is 10.0. The number of nitrogens with one attached hydrogen (secondary N) is 2. The van der Waals surface area contributed by atoms with Crippen LogP contribution in [0.1, 0.15) is 19.0 Å². The largest absolute Gasteiger partial charge is 0.495 e. The van der Waals surface area contributed by atoms with Crippen LogP contribution in [0.3, 0.4) is 0 Å². The average molecular weight is 490 g/mol. The molecule has 34 heavy (non-hydrogen) atoms. The van der Waals surface area contributed by atoms with Gasteiger partial charge in [0.25, 0.3) is 0 Å². The molecule has 1 aliphatic rings. The van der Waals surface area contributed by atoms with Crippen LogP contribution in [0, 0.1) is 11.6 Å². The number of aromatic nitrogens is 4. The van der Waals surface area contributed by atoms with E-state index in [0.717, 1.165) is 23.9 Å². The quantitative estimate of drug-likeness (QED) is 0.474. The highest BCUT2D eigenvalue weighted by Gasteiger charge is 2.54. The summed E-state index contributed by atoms with van der Waals surface area (Å²) in [6.07, 6.45) is -5.15. The lowest BCUT2D eigenvalue weighted by molar-refractivity contribution is -0.261. The van der Waals surface area contributed by atoms with E-state index in [1.807, 2.05) is 0 Å². The number of alkyl halides is 4. The molecule has 0 radical (unpaired) electrons. The highest BCUT2D eigenvalue weighted by atomic mass is 19.4. The number of hydrogen-bond acceptors (Lipinski definition) is 7. The van der Waals surface area contributed by atoms with Gasteiger partial charge in [0.05, 0.1) is 19.3 Å². The average Bonchev–Trinajstić information content (AvgIpc) is 3.18. The van der Waals surface area contributed by atoms with Crippen molar-refractivity contribution in [3.63, 3.8) is 0 Å². The fourth-order valence-electron chi connectivity index (χ4n) is 3.58. The van der Waals surface area contributed by atoms with Crippen molar-refractivity contribution in [3.8, 4) is 17.1 Å². The lowest BCUT2D eigenvalue weighted by Crippen LogP contribution is -2.46. The Morgan fingerprint density at radius 3 is 2.62 bits per heavy atom. The maximum atomic E-state index is 14.7. The van der Waals surface area contributed by atoms with Gasteiger partial charge in [-0.05, 0) is 19.9 Å². The normalized spacial score (nSPS) is 20.9. The minimum atomic E-state index is -5.12. The summed E-state index contributed by atoms with van der Waals surface area (Å²) < 4.78 is 89.5. The molecule has 3 aromatic heterocycles. The number of ether oxygens (including phenoxy) is 1. The summed E-state index contributed by atoms with van der Waals surface area (Å²) in [6.45, 7) is 1.12. The Morgan fingerprint density at radius 2 is 1.97 bits per heavy atom. The zero-order valence-electron chi connectivity index (χ0n) is 17.9. The summed E-state index contributed by atoms with van der Waals surface area (Å²) in [4.78, 5) is 7.88. The Bertz CT molecular complexity index is 1210. The van der Waals surface area contributed by atoms with Crippen molar-refractivity contribution in [2.24, 2.45) is 0 Å². The second-order valence-electron chi connectivity index (χ2n) is 7.95. The Hall–Kier alpha value is -3.13. The number of anilines is 1. The van der Waals surface area contributed by atoms with Gasteiger partial charge >= 0.3 is 6.18 Å². The fraction of sp³-hybridized carbons (Fsp3) is 0.450. The van der Waals surface area contributed by atoms with Gasteiger partial charge in [0.1, 0.15) is 29.0 Å². The van der Waals surface area contributed by atoms with Gasteiger partial charge in [-0.2, -0.15) is 18.3 Å². The van der Waals surface area contributed by atoms with Crippen molar-refractivity contribution in [2.75, 3.05) is 25.5 Å². The molecule has 1 saturated heterocycles. The number of rotatable bonds is 5. The smallest absolute Gasteiger partial charge is 0.422 e. The van der Waals surface area contributed by atoms with Gasteiger partial charge in [0.15, 0.2) is 23.1 Å². The molecule has 3 aromatic rings. The van der Waals surface area contributed by atoms with Crippen molar-refractivity contribution in [2.45, 2.75) is 37.3 Å². The first-order valence-corrected chi connectivity index (χ1v) is 10.1. The van der Waals surface area contributed by atoms with Gasteiger partial charge in [0.2, 0.25) is 5.60 Å². The molecule has 1 fully saturated rings. The number of nitrogens with zero attached hydrogens (tertiary/aromatic N) is 4. The van der Waals surface area contributed by atoms with Gasteiger partial charge in [0, 0.05) is 18.7 Å². The van der Waals surface area contributed by atoms with Crippen LogP contribution in [0.25, 0.3) is 17.0 Å². The minimum absolute atomic E-state index is 0.0473. The summed E-state index contributed by atoms with van der Waals surface area (Å²) in [5.41, 5.74) is -5.08. The Labute approximate surface area is 189 Å². The molecular weight excluding hydrogens is 470 g/mol. The number of fused-ring (bicyclic) bond motifs is 1. The maximum absolute atomic E-state index is 14.7. The topological polar surface area (TPSA) is 96.6 Å². The molecule has 3 unspecified atom stereocenters. The van der Waals surface area contributed by atoms with Crippen LogP contribution in [-0.4, -0.2) is 63.3 Å². The molecule has 1 aliphatic heterocycles. The fourth-order valence-corrected chi connectivity index (χ4v) is 3.58. The van der Waals surface area contributed by atoms with Gasteiger partial charge in [-0.1, -0.05) is 0 Å². The van der Waals surface area contributed by atoms with Crippen molar-refractivity contribution >= 4 is 11.5 Å². The second-order valence-corrected chi connectivity index (χ2v) is 7.95. The molecule has 0 amide bonds. The highest BCUT2D eigenvalue weighted by molar-refractivity contribution is 5.63. The SMILES string of the molecule is COc1cc2ncc(-c3nc(NC4CNCCC4F)c(F)cc3F)n2nc1C(C)(O)C(F)(F)F. The monoisotopic (exact) mass is 490 g/mol. The number of hydrogen-bond donors (Lipinski definition) is 3. The lowest BCUT2D eigenvalue weighted by Gasteiger charge is -2.28. The Kier molecular flexibility index (Phi) is 6.06. The molecule has 8 nitrogen and oxygen atoms in total. The van der Waals surface area contributed by atoms with E-state index in [0.29, 0.717) is 19.5 Å². The molecule has 3 atom stereocenters. The third kappa shape index (κ3) is 4.11. The molecular formula is C20H20F6N6O2. The zero-order chi connectivity index (χ0) is 24.8. The third-order valence-electron chi connectivity index (χ3n) is 5.58. The van der Waals surface area contributed by atoms with Gasteiger partial charge in [-0.15, -0.1) is 0 Å². The molecule has 184 valence electrons. The van der Waals surface area contributed by atoms with Crippen LogP contribution in [0.5, 0.6) is 5.75 Å². The predicted molar refractivity (Wildman–Crippen MR) is 108 cm³/mol. The molecule has 0 aromatic carbocycles. The Morgan fingerprint density at radius 1 is 1.24 bits per heavy atom. The van der Waals surface area contributed by atoms with Gasteiger partial charge in [-0.25, -0.2) is 27.7 Å². The highest BCUT2D eigenvalue weighted by Crippen LogP contribution is 2.41. The number of methoxy groups -OCH3 is 1. The van der Waals surface area contributed by atoms with E-state index in [-0.39, 0.29) is 24.3 Å². The van der Waals surface area contributed by atoms with E-state index in [1.165, 1.54) is 0 Å². The van der Waals surface area contributed by atoms with E-state index < -0.39 is 58.6 Å².